The Hall–Kier alpha value is -2.18. The second kappa shape index (κ2) is 14.4. The number of carbonyl (C=O) groups excluding carboxylic acids is 1. The third-order valence-electron chi connectivity index (χ3n) is 5.24. The molecule has 1 saturated heterocycles. The number of amides is 1. The van der Waals surface area contributed by atoms with E-state index in [1.807, 2.05) is 12.1 Å². The van der Waals surface area contributed by atoms with Crippen molar-refractivity contribution in [3.8, 4) is 0 Å². The number of sulfonamides is 1. The van der Waals surface area contributed by atoms with Gasteiger partial charge < -0.3 is 15.3 Å². The van der Waals surface area contributed by atoms with Crippen LogP contribution in [0.5, 0.6) is 0 Å². The number of carboxylic acids is 1. The minimum atomic E-state index is -5.08. The van der Waals surface area contributed by atoms with Gasteiger partial charge in [-0.25, -0.2) is 13.2 Å². The molecule has 8 nitrogen and oxygen atoms in total. The van der Waals surface area contributed by atoms with E-state index in [1.165, 1.54) is 4.31 Å². The molecule has 0 saturated carbocycles. The van der Waals surface area contributed by atoms with Crippen molar-refractivity contribution in [2.24, 2.45) is 5.92 Å². The van der Waals surface area contributed by atoms with Gasteiger partial charge in [-0.1, -0.05) is 45.7 Å². The van der Waals surface area contributed by atoms with Crippen molar-refractivity contribution in [1.29, 1.82) is 0 Å². The Morgan fingerprint density at radius 1 is 1.11 bits per heavy atom. The molecule has 1 amide bonds. The van der Waals surface area contributed by atoms with Crippen LogP contribution in [0, 0.1) is 5.92 Å². The van der Waals surface area contributed by atoms with Crippen LogP contribution in [0.4, 0.5) is 13.2 Å². The summed E-state index contributed by atoms with van der Waals surface area (Å²) in [5.41, 5.74) is 1.13. The first-order valence-electron chi connectivity index (χ1n) is 11.7. The van der Waals surface area contributed by atoms with Gasteiger partial charge in [0.15, 0.2) is 0 Å². The number of nitrogens with zero attached hydrogens (tertiary/aromatic N) is 2. The summed E-state index contributed by atoms with van der Waals surface area (Å²) in [4.78, 5) is 23.6. The van der Waals surface area contributed by atoms with E-state index in [4.69, 9.17) is 9.90 Å². The van der Waals surface area contributed by atoms with Gasteiger partial charge in [-0.2, -0.15) is 17.5 Å². The van der Waals surface area contributed by atoms with Crippen molar-refractivity contribution in [3.05, 3.63) is 29.8 Å². The van der Waals surface area contributed by atoms with Gasteiger partial charge in [0.25, 0.3) is 0 Å². The zero-order chi connectivity index (χ0) is 26.6. The minimum absolute atomic E-state index is 0.0835. The SMILES string of the molecule is CCCCCN(CC(=O)N1CCNCC1)S(=O)(=O)c1ccc(CC(C)C)cc1.O=C(O)C(F)(F)F. The van der Waals surface area contributed by atoms with Crippen LogP contribution in [0.1, 0.15) is 45.6 Å². The van der Waals surface area contributed by atoms with Crippen molar-refractivity contribution in [1.82, 2.24) is 14.5 Å². The first-order valence-corrected chi connectivity index (χ1v) is 13.1. The van der Waals surface area contributed by atoms with Crippen LogP contribution in [0.15, 0.2) is 29.2 Å². The van der Waals surface area contributed by atoms with Gasteiger partial charge in [0, 0.05) is 32.7 Å². The summed E-state index contributed by atoms with van der Waals surface area (Å²) in [6.45, 7) is 9.43. The second-order valence-electron chi connectivity index (χ2n) is 8.72. The highest BCUT2D eigenvalue weighted by atomic mass is 32.2. The van der Waals surface area contributed by atoms with Crippen LogP contribution in [0.25, 0.3) is 0 Å². The van der Waals surface area contributed by atoms with E-state index in [2.05, 4.69) is 26.1 Å². The number of alkyl halides is 3. The number of carbonyl (C=O) groups is 2. The number of hydrogen-bond acceptors (Lipinski definition) is 5. The molecule has 0 bridgehead atoms. The summed E-state index contributed by atoms with van der Waals surface area (Å²) in [5.74, 6) is -2.35. The van der Waals surface area contributed by atoms with Gasteiger partial charge >= 0.3 is 12.1 Å². The van der Waals surface area contributed by atoms with Gasteiger partial charge in [0.1, 0.15) is 0 Å². The normalized spacial score (nSPS) is 14.6. The van der Waals surface area contributed by atoms with Gasteiger partial charge in [0.05, 0.1) is 11.4 Å². The quantitative estimate of drug-likeness (QED) is 0.457. The van der Waals surface area contributed by atoms with Crippen molar-refractivity contribution in [2.45, 2.75) is 57.5 Å². The molecule has 2 rings (SSSR count). The summed E-state index contributed by atoms with van der Waals surface area (Å²) in [6, 6.07) is 7.12. The lowest BCUT2D eigenvalue weighted by Gasteiger charge is -2.30. The third kappa shape index (κ3) is 11.0. The fourth-order valence-corrected chi connectivity index (χ4v) is 4.83. The molecule has 1 heterocycles. The van der Waals surface area contributed by atoms with Gasteiger partial charge in [-0.05, 0) is 36.5 Å². The lowest BCUT2D eigenvalue weighted by atomic mass is 10.0. The largest absolute Gasteiger partial charge is 0.490 e. The molecular formula is C23H36F3N3O5S. The summed E-state index contributed by atoms with van der Waals surface area (Å²) in [5, 5.41) is 10.3. The number of halogens is 3. The molecule has 1 aliphatic rings. The smallest absolute Gasteiger partial charge is 0.475 e. The Balaban J connectivity index is 0.000000762. The molecule has 1 aliphatic heterocycles. The lowest BCUT2D eigenvalue weighted by molar-refractivity contribution is -0.192. The minimum Gasteiger partial charge on any atom is -0.475 e. The van der Waals surface area contributed by atoms with Crippen LogP contribution < -0.4 is 5.32 Å². The maximum Gasteiger partial charge on any atom is 0.490 e. The molecule has 0 atom stereocenters. The lowest BCUT2D eigenvalue weighted by Crippen LogP contribution is -2.50. The highest BCUT2D eigenvalue weighted by Crippen LogP contribution is 2.19. The van der Waals surface area contributed by atoms with Crippen LogP contribution in [-0.4, -0.2) is 80.1 Å². The van der Waals surface area contributed by atoms with Crippen molar-refractivity contribution >= 4 is 21.9 Å². The van der Waals surface area contributed by atoms with E-state index in [0.29, 0.717) is 25.6 Å². The number of unbranched alkanes of at least 4 members (excludes halogenated alkanes) is 2. The number of benzene rings is 1. The number of hydrogen-bond donors (Lipinski definition) is 2. The number of piperazine rings is 1. The molecule has 0 aromatic heterocycles. The molecule has 0 radical (unpaired) electrons. The van der Waals surface area contributed by atoms with Gasteiger partial charge in [-0.3, -0.25) is 4.79 Å². The van der Waals surface area contributed by atoms with Crippen LogP contribution >= 0.6 is 0 Å². The van der Waals surface area contributed by atoms with Gasteiger partial charge in [-0.15, -0.1) is 0 Å². The van der Waals surface area contributed by atoms with E-state index >= 15 is 0 Å². The monoisotopic (exact) mass is 523 g/mol. The third-order valence-corrected chi connectivity index (χ3v) is 7.10. The predicted molar refractivity (Wildman–Crippen MR) is 126 cm³/mol. The molecule has 35 heavy (non-hydrogen) atoms. The molecule has 1 fully saturated rings. The zero-order valence-corrected chi connectivity index (χ0v) is 21.3. The first kappa shape index (κ1) is 30.9. The molecule has 12 heteroatoms. The Morgan fingerprint density at radius 2 is 1.66 bits per heavy atom. The van der Waals surface area contributed by atoms with Crippen LogP contribution in [0.3, 0.4) is 0 Å². The summed E-state index contributed by atoms with van der Waals surface area (Å²) in [7, 11) is -3.69. The van der Waals surface area contributed by atoms with Crippen LogP contribution in [-0.2, 0) is 26.0 Å². The molecule has 0 spiro atoms. The van der Waals surface area contributed by atoms with E-state index < -0.39 is 22.2 Å². The number of nitrogens with one attached hydrogen (secondary N) is 1. The van der Waals surface area contributed by atoms with Crippen molar-refractivity contribution in [2.75, 3.05) is 39.3 Å². The maximum absolute atomic E-state index is 13.2. The molecule has 0 unspecified atom stereocenters. The van der Waals surface area contributed by atoms with E-state index in [1.54, 1.807) is 17.0 Å². The highest BCUT2D eigenvalue weighted by Gasteiger charge is 2.38. The van der Waals surface area contributed by atoms with E-state index in [9.17, 15) is 26.4 Å². The van der Waals surface area contributed by atoms with Crippen molar-refractivity contribution < 1.29 is 36.3 Å². The summed E-state index contributed by atoms with van der Waals surface area (Å²) < 4.78 is 59.5. The topological polar surface area (TPSA) is 107 Å². The predicted octanol–water partition coefficient (Wildman–Crippen LogP) is 3.13. The zero-order valence-electron chi connectivity index (χ0n) is 20.5. The molecule has 200 valence electrons. The van der Waals surface area contributed by atoms with E-state index in [0.717, 1.165) is 44.3 Å². The Morgan fingerprint density at radius 3 is 2.11 bits per heavy atom. The Bertz CT molecular complexity index is 900. The first-order chi connectivity index (χ1) is 16.3. The highest BCUT2D eigenvalue weighted by molar-refractivity contribution is 7.89. The standard InChI is InChI=1S/C21H35N3O3S.C2HF3O2/c1-4-5-6-13-24(17-21(25)23-14-11-22-12-15-23)28(26,27)20-9-7-19(8-10-20)16-18(2)3;3-2(4,5)1(6)7/h7-10,18,22H,4-6,11-17H2,1-3H3;(H,6,7). The fourth-order valence-electron chi connectivity index (χ4n) is 3.41. The Kier molecular flexibility index (Phi) is 12.7. The fraction of sp³-hybridized carbons (Fsp3) is 0.652. The van der Waals surface area contributed by atoms with Crippen molar-refractivity contribution in [3.63, 3.8) is 0 Å². The van der Waals surface area contributed by atoms with Crippen LogP contribution in [0.2, 0.25) is 0 Å². The number of aliphatic carboxylic acids is 1. The Labute approximate surface area is 205 Å². The number of rotatable bonds is 10. The second-order valence-corrected chi connectivity index (χ2v) is 10.7. The van der Waals surface area contributed by atoms with E-state index in [-0.39, 0.29) is 17.3 Å². The molecule has 2 N–H and O–H groups in total. The summed E-state index contributed by atoms with van der Waals surface area (Å²) in [6.07, 6.45) is -1.46. The summed E-state index contributed by atoms with van der Waals surface area (Å²) >= 11 is 0. The van der Waals surface area contributed by atoms with Gasteiger partial charge in [0.2, 0.25) is 15.9 Å². The maximum atomic E-state index is 13.2. The average molecular weight is 524 g/mol. The molecular weight excluding hydrogens is 487 g/mol. The average Bonchev–Trinajstić information content (AvgIpc) is 2.78. The molecule has 1 aromatic carbocycles. The number of carboxylic acid groups (broad SMARTS) is 1. The molecule has 0 aliphatic carbocycles. The molecule has 1 aromatic rings.